The first kappa shape index (κ1) is 13.5. The third-order valence-corrected chi connectivity index (χ3v) is 3.13. The summed E-state index contributed by atoms with van der Waals surface area (Å²) in [4.78, 5) is 13.8. The van der Waals surface area contributed by atoms with E-state index in [-0.39, 0.29) is 5.91 Å². The summed E-state index contributed by atoms with van der Waals surface area (Å²) in [5, 5.41) is 3.31. The van der Waals surface area contributed by atoms with Crippen LogP contribution in [-0.2, 0) is 9.53 Å². The van der Waals surface area contributed by atoms with Crippen LogP contribution in [0.15, 0.2) is 0 Å². The Kier molecular flexibility index (Phi) is 6.42. The van der Waals surface area contributed by atoms with Gasteiger partial charge in [0.25, 0.3) is 0 Å². The first-order valence-corrected chi connectivity index (χ1v) is 6.29. The summed E-state index contributed by atoms with van der Waals surface area (Å²) in [7, 11) is 1.93. The molecule has 0 aromatic heterocycles. The van der Waals surface area contributed by atoms with Crippen molar-refractivity contribution in [2.45, 2.75) is 38.6 Å². The Morgan fingerprint density at radius 3 is 2.75 bits per heavy atom. The zero-order valence-corrected chi connectivity index (χ0v) is 10.5. The number of amides is 1. The molecule has 1 amide bonds. The van der Waals surface area contributed by atoms with E-state index in [0.29, 0.717) is 19.1 Å². The number of nitrogens with zero attached hydrogens (tertiary/aromatic N) is 1. The number of carbonyl (C=O) groups excluding carboxylic acids is 1. The Bertz CT molecular complexity index is 203. The van der Waals surface area contributed by atoms with Crippen molar-refractivity contribution in [3.63, 3.8) is 0 Å². The second-order valence-corrected chi connectivity index (χ2v) is 4.29. The predicted molar refractivity (Wildman–Crippen MR) is 64.4 cm³/mol. The smallest absolute Gasteiger partial charge is 0.222 e. The van der Waals surface area contributed by atoms with Crippen molar-refractivity contribution in [2.24, 2.45) is 0 Å². The summed E-state index contributed by atoms with van der Waals surface area (Å²) < 4.78 is 5.23. The largest absolute Gasteiger partial charge is 0.382 e. The number of piperidine rings is 1. The molecule has 0 saturated carbocycles. The van der Waals surface area contributed by atoms with E-state index < -0.39 is 0 Å². The predicted octanol–water partition coefficient (Wildman–Crippen LogP) is 1.01. The number of ether oxygens (including phenoxy) is 1. The van der Waals surface area contributed by atoms with Crippen LogP contribution in [0.2, 0.25) is 0 Å². The van der Waals surface area contributed by atoms with Crippen molar-refractivity contribution in [1.82, 2.24) is 10.2 Å². The Labute approximate surface area is 98.3 Å². The summed E-state index contributed by atoms with van der Waals surface area (Å²) in [5.41, 5.74) is 0. The lowest BCUT2D eigenvalue weighted by atomic mass is 10.0. The van der Waals surface area contributed by atoms with Gasteiger partial charge in [-0.05, 0) is 39.3 Å². The number of hydrogen-bond acceptors (Lipinski definition) is 3. The molecule has 0 aromatic rings. The average molecular weight is 228 g/mol. The maximum Gasteiger partial charge on any atom is 0.222 e. The van der Waals surface area contributed by atoms with E-state index in [9.17, 15) is 4.79 Å². The molecule has 0 radical (unpaired) electrons. The molecular weight excluding hydrogens is 204 g/mol. The quantitative estimate of drug-likeness (QED) is 0.690. The average Bonchev–Trinajstić information content (AvgIpc) is 2.34. The van der Waals surface area contributed by atoms with Crippen LogP contribution in [0.25, 0.3) is 0 Å². The summed E-state index contributed by atoms with van der Waals surface area (Å²) in [6.07, 6.45) is 3.60. The fraction of sp³-hybridized carbons (Fsp3) is 0.917. The highest BCUT2D eigenvalue weighted by atomic mass is 16.5. The molecule has 0 spiro atoms. The minimum absolute atomic E-state index is 0.256. The van der Waals surface area contributed by atoms with Gasteiger partial charge in [-0.1, -0.05) is 0 Å². The van der Waals surface area contributed by atoms with Crippen LogP contribution in [0.3, 0.4) is 0 Å². The maximum absolute atomic E-state index is 11.9. The van der Waals surface area contributed by atoms with Gasteiger partial charge < -0.3 is 15.0 Å². The van der Waals surface area contributed by atoms with Gasteiger partial charge in [0.15, 0.2) is 0 Å². The zero-order chi connectivity index (χ0) is 11.8. The monoisotopic (exact) mass is 228 g/mol. The molecule has 0 unspecified atom stereocenters. The van der Waals surface area contributed by atoms with Crippen LogP contribution in [0.4, 0.5) is 0 Å². The van der Waals surface area contributed by atoms with Gasteiger partial charge in [0.2, 0.25) is 5.91 Å². The molecule has 4 heteroatoms. The zero-order valence-electron chi connectivity index (χ0n) is 10.5. The van der Waals surface area contributed by atoms with Gasteiger partial charge in [-0.3, -0.25) is 4.79 Å². The van der Waals surface area contributed by atoms with Gasteiger partial charge in [-0.25, -0.2) is 0 Å². The van der Waals surface area contributed by atoms with Gasteiger partial charge in [0.05, 0.1) is 0 Å². The maximum atomic E-state index is 11.9. The van der Waals surface area contributed by atoms with Crippen LogP contribution in [-0.4, -0.2) is 50.2 Å². The van der Waals surface area contributed by atoms with Gasteiger partial charge in [0, 0.05) is 32.7 Å². The number of hydrogen-bond donors (Lipinski definition) is 1. The van der Waals surface area contributed by atoms with E-state index in [1.165, 1.54) is 0 Å². The summed E-state index contributed by atoms with van der Waals surface area (Å²) in [6, 6.07) is 0.431. The molecular formula is C12H24N2O2. The van der Waals surface area contributed by atoms with Crippen LogP contribution < -0.4 is 5.32 Å². The highest BCUT2D eigenvalue weighted by Crippen LogP contribution is 2.11. The lowest BCUT2D eigenvalue weighted by molar-refractivity contribution is -0.132. The molecule has 1 N–H and O–H groups in total. The molecule has 0 aromatic carbocycles. The topological polar surface area (TPSA) is 41.6 Å². The third kappa shape index (κ3) is 4.49. The fourth-order valence-corrected chi connectivity index (χ4v) is 2.04. The van der Waals surface area contributed by atoms with Gasteiger partial charge >= 0.3 is 0 Å². The standard InChI is InChI=1S/C12H24N2O2/c1-3-16-10-4-5-12(15)14(2)11-6-8-13-9-7-11/h11,13H,3-10H2,1-2H3. The van der Waals surface area contributed by atoms with Gasteiger partial charge in [-0.15, -0.1) is 0 Å². The van der Waals surface area contributed by atoms with Crippen LogP contribution in [0.5, 0.6) is 0 Å². The molecule has 1 aliphatic heterocycles. The molecule has 4 nitrogen and oxygen atoms in total. The van der Waals surface area contributed by atoms with Crippen molar-refractivity contribution in [2.75, 3.05) is 33.4 Å². The van der Waals surface area contributed by atoms with Crippen LogP contribution in [0.1, 0.15) is 32.6 Å². The molecule has 1 rings (SSSR count). The molecule has 0 atom stereocenters. The van der Waals surface area contributed by atoms with E-state index in [0.717, 1.165) is 39.0 Å². The SMILES string of the molecule is CCOCCCC(=O)N(C)C1CCNCC1. The second-order valence-electron chi connectivity index (χ2n) is 4.29. The Morgan fingerprint density at radius 2 is 2.12 bits per heavy atom. The van der Waals surface area contributed by atoms with E-state index in [2.05, 4.69) is 5.32 Å². The van der Waals surface area contributed by atoms with Gasteiger partial charge in [-0.2, -0.15) is 0 Å². The van der Waals surface area contributed by atoms with Crippen molar-refractivity contribution in [3.8, 4) is 0 Å². The number of carbonyl (C=O) groups is 1. The molecule has 0 aliphatic carbocycles. The van der Waals surface area contributed by atoms with Crippen molar-refractivity contribution in [1.29, 1.82) is 0 Å². The Balaban J connectivity index is 2.18. The summed E-state index contributed by atoms with van der Waals surface area (Å²) in [5.74, 6) is 0.256. The fourth-order valence-electron chi connectivity index (χ4n) is 2.04. The van der Waals surface area contributed by atoms with Crippen molar-refractivity contribution < 1.29 is 9.53 Å². The first-order valence-electron chi connectivity index (χ1n) is 6.29. The minimum Gasteiger partial charge on any atom is -0.382 e. The Morgan fingerprint density at radius 1 is 1.44 bits per heavy atom. The van der Waals surface area contributed by atoms with E-state index >= 15 is 0 Å². The molecule has 1 aliphatic rings. The number of nitrogens with one attached hydrogen (secondary N) is 1. The normalized spacial score (nSPS) is 17.4. The first-order chi connectivity index (χ1) is 7.75. The summed E-state index contributed by atoms with van der Waals surface area (Å²) in [6.45, 7) is 5.46. The number of rotatable bonds is 6. The highest BCUT2D eigenvalue weighted by molar-refractivity contribution is 5.76. The molecule has 94 valence electrons. The molecule has 16 heavy (non-hydrogen) atoms. The molecule has 1 heterocycles. The van der Waals surface area contributed by atoms with E-state index in [4.69, 9.17) is 4.74 Å². The van der Waals surface area contributed by atoms with Gasteiger partial charge in [0.1, 0.15) is 0 Å². The van der Waals surface area contributed by atoms with Crippen LogP contribution in [0, 0.1) is 0 Å². The van der Waals surface area contributed by atoms with E-state index in [1.807, 2.05) is 18.9 Å². The molecule has 0 bridgehead atoms. The highest BCUT2D eigenvalue weighted by Gasteiger charge is 2.21. The molecule has 1 fully saturated rings. The second kappa shape index (κ2) is 7.63. The third-order valence-electron chi connectivity index (χ3n) is 3.13. The van der Waals surface area contributed by atoms with Crippen LogP contribution >= 0.6 is 0 Å². The Hall–Kier alpha value is -0.610. The minimum atomic E-state index is 0.256. The van der Waals surface area contributed by atoms with Crippen molar-refractivity contribution >= 4 is 5.91 Å². The van der Waals surface area contributed by atoms with E-state index in [1.54, 1.807) is 0 Å². The van der Waals surface area contributed by atoms with Crippen molar-refractivity contribution in [3.05, 3.63) is 0 Å². The molecule has 1 saturated heterocycles. The summed E-state index contributed by atoms with van der Waals surface area (Å²) >= 11 is 0. The lowest BCUT2D eigenvalue weighted by Gasteiger charge is -2.31. The lowest BCUT2D eigenvalue weighted by Crippen LogP contribution is -2.43.